The minimum Gasteiger partial charge on any atom is -0.481 e. The Morgan fingerprint density at radius 2 is 2.29 bits per heavy atom. The quantitative estimate of drug-likeness (QED) is 0.816. The molecule has 0 saturated heterocycles. The summed E-state index contributed by atoms with van der Waals surface area (Å²) < 4.78 is 0. The predicted octanol–water partition coefficient (Wildman–Crippen LogP) is 2.28. The van der Waals surface area contributed by atoms with Crippen molar-refractivity contribution in [2.75, 3.05) is 0 Å². The molecule has 1 N–H and O–H groups in total. The van der Waals surface area contributed by atoms with Crippen molar-refractivity contribution >= 4 is 17.3 Å². The zero-order valence-electron chi connectivity index (χ0n) is 8.44. The fourth-order valence-corrected chi connectivity index (χ4v) is 2.82. The van der Waals surface area contributed by atoms with Gasteiger partial charge in [0.25, 0.3) is 0 Å². The van der Waals surface area contributed by atoms with Crippen LogP contribution in [0.5, 0.6) is 0 Å². The Hall–Kier alpha value is -0.900. The summed E-state index contributed by atoms with van der Waals surface area (Å²) in [6.07, 6.45) is 0. The topological polar surface area (TPSA) is 50.2 Å². The van der Waals surface area contributed by atoms with Crippen molar-refractivity contribution in [3.05, 3.63) is 16.1 Å². The third kappa shape index (κ3) is 1.25. The van der Waals surface area contributed by atoms with Crippen molar-refractivity contribution < 1.29 is 9.90 Å². The largest absolute Gasteiger partial charge is 0.481 e. The second kappa shape index (κ2) is 2.79. The summed E-state index contributed by atoms with van der Waals surface area (Å²) in [6, 6.07) is 0. The summed E-state index contributed by atoms with van der Waals surface area (Å²) in [5, 5.41) is 12.0. The average Bonchev–Trinajstić information content (AvgIpc) is 2.42. The molecule has 1 saturated carbocycles. The van der Waals surface area contributed by atoms with Gasteiger partial charge in [-0.05, 0) is 12.3 Å². The molecule has 1 fully saturated rings. The molecule has 76 valence electrons. The van der Waals surface area contributed by atoms with Crippen LogP contribution in [-0.2, 0) is 4.79 Å². The number of aromatic nitrogens is 1. The van der Waals surface area contributed by atoms with Crippen LogP contribution in [-0.4, -0.2) is 16.1 Å². The highest BCUT2D eigenvalue weighted by atomic mass is 32.1. The smallest absolute Gasteiger partial charge is 0.307 e. The van der Waals surface area contributed by atoms with Gasteiger partial charge in [0.15, 0.2) is 0 Å². The molecule has 4 heteroatoms. The molecule has 3 nitrogen and oxygen atoms in total. The number of carbonyl (C=O) groups is 1. The van der Waals surface area contributed by atoms with E-state index in [1.807, 2.05) is 26.2 Å². The Labute approximate surface area is 86.8 Å². The molecular weight excluding hydrogens is 198 g/mol. The van der Waals surface area contributed by atoms with E-state index >= 15 is 0 Å². The lowest BCUT2D eigenvalue weighted by Gasteiger charge is -1.97. The monoisotopic (exact) mass is 211 g/mol. The van der Waals surface area contributed by atoms with Crippen molar-refractivity contribution in [2.24, 2.45) is 11.3 Å². The Bertz CT molecular complexity index is 383. The van der Waals surface area contributed by atoms with Gasteiger partial charge in [0.1, 0.15) is 0 Å². The van der Waals surface area contributed by atoms with Gasteiger partial charge in [-0.3, -0.25) is 4.79 Å². The van der Waals surface area contributed by atoms with E-state index < -0.39 is 5.97 Å². The molecule has 1 aromatic heterocycles. The number of carboxylic acid groups (broad SMARTS) is 1. The van der Waals surface area contributed by atoms with Crippen LogP contribution in [0.25, 0.3) is 0 Å². The van der Waals surface area contributed by atoms with Gasteiger partial charge in [-0.25, -0.2) is 4.98 Å². The number of aliphatic carboxylic acids is 1. The van der Waals surface area contributed by atoms with Gasteiger partial charge >= 0.3 is 5.97 Å². The Balaban J connectivity index is 2.27. The molecule has 14 heavy (non-hydrogen) atoms. The van der Waals surface area contributed by atoms with E-state index in [1.54, 1.807) is 11.3 Å². The lowest BCUT2D eigenvalue weighted by molar-refractivity contribution is -0.139. The first kappa shape index (κ1) is 9.65. The van der Waals surface area contributed by atoms with Gasteiger partial charge in [-0.2, -0.15) is 0 Å². The zero-order chi connectivity index (χ0) is 10.5. The van der Waals surface area contributed by atoms with Crippen LogP contribution in [0.1, 0.15) is 30.5 Å². The third-order valence-electron chi connectivity index (χ3n) is 3.05. The van der Waals surface area contributed by atoms with E-state index in [4.69, 9.17) is 5.11 Å². The van der Waals surface area contributed by atoms with Gasteiger partial charge in [-0.15, -0.1) is 11.3 Å². The van der Waals surface area contributed by atoms with Crippen LogP contribution in [0.3, 0.4) is 0 Å². The number of carboxylic acids is 1. The Morgan fingerprint density at radius 3 is 2.64 bits per heavy atom. The maximum absolute atomic E-state index is 10.9. The van der Waals surface area contributed by atoms with Crippen molar-refractivity contribution in [3.8, 4) is 0 Å². The van der Waals surface area contributed by atoms with Gasteiger partial charge in [0.05, 0.1) is 16.6 Å². The van der Waals surface area contributed by atoms with Crippen molar-refractivity contribution in [1.82, 2.24) is 4.98 Å². The molecule has 0 aliphatic heterocycles. The number of hydrogen-bond acceptors (Lipinski definition) is 3. The van der Waals surface area contributed by atoms with E-state index in [0.717, 1.165) is 10.7 Å². The highest BCUT2D eigenvalue weighted by Crippen LogP contribution is 2.64. The summed E-state index contributed by atoms with van der Waals surface area (Å²) in [7, 11) is 0. The zero-order valence-corrected chi connectivity index (χ0v) is 9.26. The SMILES string of the molecule is Cc1nc([C@@H]2[C@@H](C(=O)O)C2(C)C)cs1. The van der Waals surface area contributed by atoms with Crippen molar-refractivity contribution in [1.29, 1.82) is 0 Å². The molecule has 1 aromatic rings. The number of aryl methyl sites for hydroxylation is 1. The molecule has 0 amide bonds. The average molecular weight is 211 g/mol. The number of hydrogen-bond donors (Lipinski definition) is 1. The second-order valence-electron chi connectivity index (χ2n) is 4.41. The molecule has 1 aliphatic carbocycles. The molecule has 1 heterocycles. The van der Waals surface area contributed by atoms with Crippen LogP contribution < -0.4 is 0 Å². The van der Waals surface area contributed by atoms with E-state index in [9.17, 15) is 4.79 Å². The van der Waals surface area contributed by atoms with Crippen LogP contribution in [0.2, 0.25) is 0 Å². The van der Waals surface area contributed by atoms with Crippen molar-refractivity contribution in [3.63, 3.8) is 0 Å². The van der Waals surface area contributed by atoms with Gasteiger partial charge in [0, 0.05) is 11.3 Å². The summed E-state index contributed by atoms with van der Waals surface area (Å²) in [5.74, 6) is -0.861. The molecule has 1 aliphatic rings. The standard InChI is InChI=1S/C10H13NO2S/c1-5-11-6(4-14-5)7-8(9(12)13)10(7,2)3/h4,7-8H,1-3H3,(H,12,13)/t7-,8+/m1/s1. The van der Waals surface area contributed by atoms with E-state index in [1.165, 1.54) is 0 Å². The highest BCUT2D eigenvalue weighted by molar-refractivity contribution is 7.09. The lowest BCUT2D eigenvalue weighted by Crippen LogP contribution is -2.03. The van der Waals surface area contributed by atoms with Crippen LogP contribution in [0, 0.1) is 18.3 Å². The molecular formula is C10H13NO2S. The van der Waals surface area contributed by atoms with E-state index in [2.05, 4.69) is 4.98 Å². The first-order valence-corrected chi connectivity index (χ1v) is 5.47. The second-order valence-corrected chi connectivity index (χ2v) is 5.47. The molecule has 0 radical (unpaired) electrons. The first-order valence-electron chi connectivity index (χ1n) is 4.59. The fourth-order valence-electron chi connectivity index (χ4n) is 2.17. The van der Waals surface area contributed by atoms with E-state index in [0.29, 0.717) is 0 Å². The third-order valence-corrected chi connectivity index (χ3v) is 3.84. The minimum atomic E-state index is -0.703. The van der Waals surface area contributed by atoms with Crippen LogP contribution in [0.4, 0.5) is 0 Å². The van der Waals surface area contributed by atoms with Gasteiger partial charge < -0.3 is 5.11 Å². The van der Waals surface area contributed by atoms with E-state index in [-0.39, 0.29) is 17.3 Å². The number of thiazole rings is 1. The summed E-state index contributed by atoms with van der Waals surface area (Å²) in [4.78, 5) is 15.3. The van der Waals surface area contributed by atoms with Gasteiger partial charge in [-0.1, -0.05) is 13.8 Å². The molecule has 2 atom stereocenters. The number of nitrogens with zero attached hydrogens (tertiary/aromatic N) is 1. The van der Waals surface area contributed by atoms with Crippen LogP contribution in [0.15, 0.2) is 5.38 Å². The fraction of sp³-hybridized carbons (Fsp3) is 0.600. The maximum atomic E-state index is 10.9. The molecule has 0 aromatic carbocycles. The summed E-state index contributed by atoms with van der Waals surface area (Å²) in [6.45, 7) is 5.93. The normalized spacial score (nSPS) is 28.8. The minimum absolute atomic E-state index is 0.102. The summed E-state index contributed by atoms with van der Waals surface area (Å²) in [5.41, 5.74) is 0.816. The lowest BCUT2D eigenvalue weighted by atomic mass is 10.1. The maximum Gasteiger partial charge on any atom is 0.307 e. The van der Waals surface area contributed by atoms with Crippen molar-refractivity contribution in [2.45, 2.75) is 26.7 Å². The van der Waals surface area contributed by atoms with Crippen LogP contribution >= 0.6 is 11.3 Å². The summed E-state index contributed by atoms with van der Waals surface area (Å²) >= 11 is 1.58. The van der Waals surface area contributed by atoms with Gasteiger partial charge in [0.2, 0.25) is 0 Å². The highest BCUT2D eigenvalue weighted by Gasteiger charge is 2.63. The molecule has 0 spiro atoms. The molecule has 0 unspecified atom stereocenters. The predicted molar refractivity (Wildman–Crippen MR) is 54.5 cm³/mol. The Kier molecular flexibility index (Phi) is 1.93. The Morgan fingerprint density at radius 1 is 1.64 bits per heavy atom. The molecule has 0 bridgehead atoms. The number of rotatable bonds is 2. The first-order chi connectivity index (χ1) is 6.44. The molecule has 2 rings (SSSR count).